The van der Waals surface area contributed by atoms with Gasteiger partial charge in [-0.15, -0.1) is 0 Å². The molecule has 0 unspecified atom stereocenters. The number of pyridine rings is 1. The molecule has 0 aliphatic rings. The summed E-state index contributed by atoms with van der Waals surface area (Å²) in [5, 5.41) is 11.8. The van der Waals surface area contributed by atoms with Gasteiger partial charge in [0.05, 0.1) is 14.9 Å². The van der Waals surface area contributed by atoms with Gasteiger partial charge in [0.15, 0.2) is 0 Å². The monoisotopic (exact) mass is 340 g/mol. The average Bonchev–Trinajstić information content (AvgIpc) is 2.28. The molecule has 0 fully saturated rings. The minimum atomic E-state index is -3.91. The summed E-state index contributed by atoms with van der Waals surface area (Å²) >= 11 is 0. The zero-order valence-electron chi connectivity index (χ0n) is 10.2. The zero-order valence-corrected chi connectivity index (χ0v) is 13.8. The SMILES string of the molecule is C[N-]C.[NH-]S(=O)(=O)c1cccc2cnccc12.[Y+3]. The minimum Gasteiger partial charge on any atom is -0.668 e. The Morgan fingerprint density at radius 3 is 2.39 bits per heavy atom. The summed E-state index contributed by atoms with van der Waals surface area (Å²) in [5.41, 5.74) is 0. The van der Waals surface area contributed by atoms with E-state index in [9.17, 15) is 8.42 Å². The molecule has 2 rings (SSSR count). The average molecular weight is 340 g/mol. The fourth-order valence-corrected chi connectivity index (χ4v) is 2.06. The quantitative estimate of drug-likeness (QED) is 0.800. The van der Waals surface area contributed by atoms with E-state index in [1.165, 1.54) is 12.3 Å². The van der Waals surface area contributed by atoms with Crippen molar-refractivity contribution in [3.63, 3.8) is 0 Å². The number of sulfonamides is 1. The summed E-state index contributed by atoms with van der Waals surface area (Å²) in [5.74, 6) is 0. The molecule has 1 heterocycles. The third-order valence-electron chi connectivity index (χ3n) is 1.93. The summed E-state index contributed by atoms with van der Waals surface area (Å²) in [7, 11) is -0.407. The molecule has 0 aliphatic carbocycles. The predicted molar refractivity (Wildman–Crippen MR) is 68.5 cm³/mol. The molecule has 0 radical (unpaired) electrons. The largest absolute Gasteiger partial charge is 3.00 e. The van der Waals surface area contributed by atoms with Crippen molar-refractivity contribution in [1.82, 2.24) is 4.98 Å². The fourth-order valence-electron chi connectivity index (χ4n) is 1.33. The van der Waals surface area contributed by atoms with Crippen LogP contribution in [0.2, 0.25) is 0 Å². The molecule has 0 saturated carbocycles. The van der Waals surface area contributed by atoms with E-state index in [1.807, 2.05) is 0 Å². The summed E-state index contributed by atoms with van der Waals surface area (Å²) in [6, 6.07) is 6.38. The normalized spacial score (nSPS) is 10.2. The van der Waals surface area contributed by atoms with Crippen LogP contribution in [0.3, 0.4) is 0 Å². The molecule has 1 N–H and O–H groups in total. The summed E-state index contributed by atoms with van der Waals surface area (Å²) in [4.78, 5) is 3.91. The molecular formula is C11H13N3O2SY+. The second-order valence-electron chi connectivity index (χ2n) is 3.30. The van der Waals surface area contributed by atoms with Crippen LogP contribution in [0.1, 0.15) is 0 Å². The van der Waals surface area contributed by atoms with E-state index < -0.39 is 10.0 Å². The number of hydrogen-bond donors (Lipinski definition) is 0. The third kappa shape index (κ3) is 4.70. The molecule has 1 aromatic heterocycles. The van der Waals surface area contributed by atoms with E-state index in [0.29, 0.717) is 5.39 Å². The minimum absolute atomic E-state index is 0. The predicted octanol–water partition coefficient (Wildman–Crippen LogP) is 2.59. The number of hydrogen-bond acceptors (Lipinski definition) is 3. The van der Waals surface area contributed by atoms with E-state index in [4.69, 9.17) is 5.14 Å². The first-order valence-electron chi connectivity index (χ1n) is 4.81. The number of fused-ring (bicyclic) bond motifs is 1. The molecule has 2 aromatic rings. The van der Waals surface area contributed by atoms with Crippen LogP contribution in [0.4, 0.5) is 0 Å². The van der Waals surface area contributed by atoms with Crippen molar-refractivity contribution in [2.45, 2.75) is 4.90 Å². The number of nitrogens with one attached hydrogen (secondary N) is 1. The molecule has 0 saturated heterocycles. The van der Waals surface area contributed by atoms with Crippen molar-refractivity contribution < 1.29 is 41.1 Å². The smallest absolute Gasteiger partial charge is 0.668 e. The Kier molecular flexibility index (Phi) is 7.74. The van der Waals surface area contributed by atoms with Gasteiger partial charge in [0.2, 0.25) is 0 Å². The first-order chi connectivity index (χ1) is 8.00. The van der Waals surface area contributed by atoms with Crippen LogP contribution in [-0.2, 0) is 42.7 Å². The van der Waals surface area contributed by atoms with Crippen LogP contribution in [0.15, 0.2) is 41.6 Å². The summed E-state index contributed by atoms with van der Waals surface area (Å²) in [6.45, 7) is 0. The second kappa shape index (κ2) is 7.91. The van der Waals surface area contributed by atoms with Crippen LogP contribution in [-0.4, -0.2) is 27.5 Å². The van der Waals surface area contributed by atoms with Gasteiger partial charge in [0.1, 0.15) is 0 Å². The molecule has 0 bridgehead atoms. The van der Waals surface area contributed by atoms with Crippen LogP contribution in [0.25, 0.3) is 21.2 Å². The molecule has 1 aromatic carbocycles. The van der Waals surface area contributed by atoms with Gasteiger partial charge in [0.25, 0.3) is 0 Å². The molecular weight excluding hydrogens is 327 g/mol. The molecule has 92 valence electrons. The molecule has 0 aliphatic heterocycles. The number of rotatable bonds is 1. The van der Waals surface area contributed by atoms with Gasteiger partial charge >= 0.3 is 32.7 Å². The first-order valence-corrected chi connectivity index (χ1v) is 6.29. The number of aromatic nitrogens is 1. The molecule has 0 atom stereocenters. The van der Waals surface area contributed by atoms with E-state index in [1.54, 1.807) is 38.5 Å². The van der Waals surface area contributed by atoms with Crippen LogP contribution in [0.5, 0.6) is 0 Å². The van der Waals surface area contributed by atoms with Crippen molar-refractivity contribution in [2.24, 2.45) is 0 Å². The van der Waals surface area contributed by atoms with Gasteiger partial charge in [-0.3, -0.25) is 4.98 Å². The number of nitrogens with zero attached hydrogens (tertiary/aromatic N) is 2. The maximum atomic E-state index is 11.1. The Morgan fingerprint density at radius 2 is 1.83 bits per heavy atom. The van der Waals surface area contributed by atoms with Crippen molar-refractivity contribution in [3.05, 3.63) is 47.1 Å². The van der Waals surface area contributed by atoms with E-state index in [-0.39, 0.29) is 37.6 Å². The Hall–Kier alpha value is -0.396. The van der Waals surface area contributed by atoms with Gasteiger partial charge in [-0.2, -0.15) is 14.1 Å². The Morgan fingerprint density at radius 1 is 1.22 bits per heavy atom. The molecule has 0 spiro atoms. The van der Waals surface area contributed by atoms with Crippen LogP contribution in [0, 0.1) is 0 Å². The van der Waals surface area contributed by atoms with Crippen molar-refractivity contribution in [3.8, 4) is 0 Å². The Bertz CT molecular complexity index is 597. The number of benzene rings is 1. The van der Waals surface area contributed by atoms with Gasteiger partial charge in [-0.05, 0) is 12.1 Å². The standard InChI is InChI=1S/C9H7N2O2S.C2H6N.Y/c10-14(12,13)9-3-1-2-7-6-11-5-4-8(7)9;1-3-2;/h1-6H,(H-,10,12,13);1-2H3;/q2*-1;+3. The third-order valence-corrected chi connectivity index (χ3v) is 2.87. The fraction of sp³-hybridized carbons (Fsp3) is 0.182. The molecule has 18 heavy (non-hydrogen) atoms. The first kappa shape index (κ1) is 17.6. The molecule has 0 amide bonds. The van der Waals surface area contributed by atoms with Gasteiger partial charge in [-0.25, -0.2) is 8.42 Å². The maximum Gasteiger partial charge on any atom is 3.00 e. The second-order valence-corrected chi connectivity index (χ2v) is 4.75. The van der Waals surface area contributed by atoms with Gasteiger partial charge in [0, 0.05) is 23.2 Å². The molecule has 7 heteroatoms. The van der Waals surface area contributed by atoms with Crippen molar-refractivity contribution >= 4 is 20.8 Å². The Labute approximate surface area is 132 Å². The van der Waals surface area contributed by atoms with E-state index in [0.717, 1.165) is 5.39 Å². The van der Waals surface area contributed by atoms with Gasteiger partial charge < -0.3 is 10.5 Å². The van der Waals surface area contributed by atoms with E-state index >= 15 is 0 Å². The van der Waals surface area contributed by atoms with Crippen molar-refractivity contribution in [2.75, 3.05) is 14.1 Å². The summed E-state index contributed by atoms with van der Waals surface area (Å²) in [6.07, 6.45) is 3.08. The maximum absolute atomic E-state index is 11.1. The topological polar surface area (TPSA) is 84.9 Å². The van der Waals surface area contributed by atoms with Crippen LogP contribution < -0.4 is 0 Å². The zero-order chi connectivity index (χ0) is 12.9. The van der Waals surface area contributed by atoms with Crippen LogP contribution >= 0.6 is 0 Å². The van der Waals surface area contributed by atoms with E-state index in [2.05, 4.69) is 10.3 Å². The molecule has 5 nitrogen and oxygen atoms in total. The Balaban J connectivity index is 0.000000660. The van der Waals surface area contributed by atoms with Gasteiger partial charge in [-0.1, -0.05) is 12.1 Å². The summed E-state index contributed by atoms with van der Waals surface area (Å²) < 4.78 is 22.2. The van der Waals surface area contributed by atoms with Crippen molar-refractivity contribution in [1.29, 1.82) is 0 Å².